The van der Waals surface area contributed by atoms with Crippen LogP contribution in [0.15, 0.2) is 71.6 Å². The van der Waals surface area contributed by atoms with E-state index in [1.807, 2.05) is 24.3 Å². The van der Waals surface area contributed by atoms with Crippen LogP contribution >= 0.6 is 11.8 Å². The summed E-state index contributed by atoms with van der Waals surface area (Å²) in [5.41, 5.74) is 2.42. The first-order valence-corrected chi connectivity index (χ1v) is 9.70. The Morgan fingerprint density at radius 1 is 0.923 bits per heavy atom. The van der Waals surface area contributed by atoms with Gasteiger partial charge in [-0.15, -0.1) is 11.8 Å². The van der Waals surface area contributed by atoms with Gasteiger partial charge in [-0.1, -0.05) is 54.6 Å². The summed E-state index contributed by atoms with van der Waals surface area (Å²) in [6, 6.07) is 22.8. The lowest BCUT2D eigenvalue weighted by Gasteiger charge is -2.14. The van der Waals surface area contributed by atoms with Gasteiger partial charge in [0.05, 0.1) is 5.75 Å². The predicted molar refractivity (Wildman–Crippen MR) is 110 cm³/mol. The van der Waals surface area contributed by atoms with Crippen molar-refractivity contribution in [2.75, 3.05) is 19.8 Å². The Labute approximate surface area is 159 Å². The van der Waals surface area contributed by atoms with Gasteiger partial charge in [0.1, 0.15) is 0 Å². The predicted octanol–water partition coefficient (Wildman–Crippen LogP) is 4.31. The quantitative estimate of drug-likeness (QED) is 0.634. The maximum Gasteiger partial charge on any atom is 0.230 e. The molecular formula is C22H24N2OS. The number of carbonyl (C=O) groups excluding carboxylic acids is 1. The molecule has 0 radical (unpaired) electrons. The van der Waals surface area contributed by atoms with Crippen LogP contribution in [0.3, 0.4) is 0 Å². The summed E-state index contributed by atoms with van der Waals surface area (Å²) < 4.78 is 0. The zero-order valence-electron chi connectivity index (χ0n) is 15.2. The van der Waals surface area contributed by atoms with Gasteiger partial charge < -0.3 is 10.2 Å². The summed E-state index contributed by atoms with van der Waals surface area (Å²) in [6.45, 7) is 1.44. The van der Waals surface area contributed by atoms with E-state index >= 15 is 0 Å². The number of benzene rings is 3. The molecule has 0 aliphatic carbocycles. The highest BCUT2D eigenvalue weighted by molar-refractivity contribution is 8.00. The molecule has 0 saturated heterocycles. The van der Waals surface area contributed by atoms with E-state index in [-0.39, 0.29) is 5.91 Å². The SMILES string of the molecule is CN(C)Cc1ccccc1CNC(=O)CSc1ccc2ccccc2c1. The van der Waals surface area contributed by atoms with Crippen LogP contribution in [0.5, 0.6) is 0 Å². The first-order chi connectivity index (χ1) is 12.6. The largest absolute Gasteiger partial charge is 0.351 e. The van der Waals surface area contributed by atoms with Crippen molar-refractivity contribution in [3.63, 3.8) is 0 Å². The highest BCUT2D eigenvalue weighted by Gasteiger charge is 2.07. The molecular weight excluding hydrogens is 340 g/mol. The van der Waals surface area contributed by atoms with Gasteiger partial charge in [-0.3, -0.25) is 4.79 Å². The van der Waals surface area contributed by atoms with Crippen LogP contribution in [0, 0.1) is 0 Å². The van der Waals surface area contributed by atoms with Crippen LogP contribution in [0.4, 0.5) is 0 Å². The van der Waals surface area contributed by atoms with E-state index < -0.39 is 0 Å². The number of hydrogen-bond acceptors (Lipinski definition) is 3. The lowest BCUT2D eigenvalue weighted by atomic mass is 10.1. The Hall–Kier alpha value is -2.30. The molecule has 4 heteroatoms. The van der Waals surface area contributed by atoms with E-state index in [2.05, 4.69) is 66.8 Å². The summed E-state index contributed by atoms with van der Waals surface area (Å²) >= 11 is 1.57. The molecule has 26 heavy (non-hydrogen) atoms. The fraction of sp³-hybridized carbons (Fsp3) is 0.227. The third kappa shape index (κ3) is 5.10. The minimum Gasteiger partial charge on any atom is -0.351 e. The third-order valence-corrected chi connectivity index (χ3v) is 5.17. The molecule has 0 aliphatic rings. The van der Waals surface area contributed by atoms with E-state index in [1.54, 1.807) is 11.8 Å². The second-order valence-electron chi connectivity index (χ2n) is 6.58. The summed E-state index contributed by atoms with van der Waals surface area (Å²) in [5.74, 6) is 0.483. The number of fused-ring (bicyclic) bond motifs is 1. The molecule has 3 aromatic carbocycles. The molecule has 0 spiro atoms. The Balaban J connectivity index is 1.54. The van der Waals surface area contributed by atoms with Gasteiger partial charge in [0.15, 0.2) is 0 Å². The van der Waals surface area contributed by atoms with Crippen LogP contribution in [-0.2, 0) is 17.9 Å². The lowest BCUT2D eigenvalue weighted by molar-refractivity contribution is -0.118. The van der Waals surface area contributed by atoms with Crippen molar-refractivity contribution in [2.45, 2.75) is 18.0 Å². The zero-order chi connectivity index (χ0) is 18.4. The number of rotatable bonds is 7. The fourth-order valence-corrected chi connectivity index (χ4v) is 3.65. The Morgan fingerprint density at radius 3 is 2.38 bits per heavy atom. The topological polar surface area (TPSA) is 32.3 Å². The fourth-order valence-electron chi connectivity index (χ4n) is 2.88. The Morgan fingerprint density at radius 2 is 1.62 bits per heavy atom. The molecule has 0 aliphatic heterocycles. The van der Waals surface area contributed by atoms with E-state index in [9.17, 15) is 4.79 Å². The minimum atomic E-state index is 0.0582. The van der Waals surface area contributed by atoms with Crippen LogP contribution < -0.4 is 5.32 Å². The molecule has 3 rings (SSSR count). The van der Waals surface area contributed by atoms with Gasteiger partial charge in [-0.2, -0.15) is 0 Å². The highest BCUT2D eigenvalue weighted by atomic mass is 32.2. The minimum absolute atomic E-state index is 0.0582. The molecule has 1 N–H and O–H groups in total. The molecule has 3 aromatic rings. The number of nitrogens with zero attached hydrogens (tertiary/aromatic N) is 1. The summed E-state index contributed by atoms with van der Waals surface area (Å²) in [4.78, 5) is 15.5. The number of nitrogens with one attached hydrogen (secondary N) is 1. The van der Waals surface area contributed by atoms with Crippen molar-refractivity contribution in [2.24, 2.45) is 0 Å². The monoisotopic (exact) mass is 364 g/mol. The normalized spacial score (nSPS) is 11.0. The van der Waals surface area contributed by atoms with Gasteiger partial charge >= 0.3 is 0 Å². The van der Waals surface area contributed by atoms with Gasteiger partial charge in [-0.25, -0.2) is 0 Å². The Kier molecular flexibility index (Phi) is 6.31. The molecule has 0 atom stereocenters. The second kappa shape index (κ2) is 8.88. The number of hydrogen-bond donors (Lipinski definition) is 1. The zero-order valence-corrected chi connectivity index (χ0v) is 16.1. The summed E-state index contributed by atoms with van der Waals surface area (Å²) in [5, 5.41) is 5.47. The number of carbonyl (C=O) groups is 1. The van der Waals surface area contributed by atoms with Crippen molar-refractivity contribution in [1.29, 1.82) is 0 Å². The van der Waals surface area contributed by atoms with E-state index in [1.165, 1.54) is 21.9 Å². The standard InChI is InChI=1S/C22H24N2OS/c1-24(2)15-20-10-6-5-9-19(20)14-23-22(25)16-26-21-12-11-17-7-3-4-8-18(17)13-21/h3-13H,14-16H2,1-2H3,(H,23,25). The molecule has 3 nitrogen and oxygen atoms in total. The molecule has 1 amide bonds. The van der Waals surface area contributed by atoms with Gasteiger partial charge in [0, 0.05) is 18.0 Å². The van der Waals surface area contributed by atoms with Crippen molar-refractivity contribution in [3.8, 4) is 0 Å². The van der Waals surface area contributed by atoms with Gasteiger partial charge in [0.2, 0.25) is 5.91 Å². The first-order valence-electron chi connectivity index (χ1n) is 8.71. The summed E-state index contributed by atoms with van der Waals surface area (Å²) in [6.07, 6.45) is 0. The molecule has 0 unspecified atom stereocenters. The molecule has 0 heterocycles. The molecule has 134 valence electrons. The molecule has 0 saturated carbocycles. The highest BCUT2D eigenvalue weighted by Crippen LogP contribution is 2.23. The van der Waals surface area contributed by atoms with Crippen LogP contribution in [0.1, 0.15) is 11.1 Å². The maximum absolute atomic E-state index is 12.2. The van der Waals surface area contributed by atoms with Crippen molar-refractivity contribution < 1.29 is 4.79 Å². The maximum atomic E-state index is 12.2. The third-order valence-electron chi connectivity index (χ3n) is 4.17. The molecule has 0 bridgehead atoms. The smallest absolute Gasteiger partial charge is 0.230 e. The average molecular weight is 365 g/mol. The van der Waals surface area contributed by atoms with E-state index in [4.69, 9.17) is 0 Å². The second-order valence-corrected chi connectivity index (χ2v) is 7.63. The average Bonchev–Trinajstić information content (AvgIpc) is 2.65. The van der Waals surface area contributed by atoms with Crippen LogP contribution in [0.2, 0.25) is 0 Å². The van der Waals surface area contributed by atoms with E-state index in [0.29, 0.717) is 12.3 Å². The van der Waals surface area contributed by atoms with Crippen molar-refractivity contribution in [3.05, 3.63) is 77.9 Å². The number of thioether (sulfide) groups is 1. The van der Waals surface area contributed by atoms with E-state index in [0.717, 1.165) is 11.4 Å². The lowest BCUT2D eigenvalue weighted by Crippen LogP contribution is -2.25. The molecule has 0 fully saturated rings. The van der Waals surface area contributed by atoms with Crippen molar-refractivity contribution >= 4 is 28.4 Å². The number of amides is 1. The van der Waals surface area contributed by atoms with Crippen molar-refractivity contribution in [1.82, 2.24) is 10.2 Å². The first kappa shape index (κ1) is 18.5. The summed E-state index contributed by atoms with van der Waals surface area (Å²) in [7, 11) is 4.10. The van der Waals surface area contributed by atoms with Crippen LogP contribution in [-0.4, -0.2) is 30.7 Å². The van der Waals surface area contributed by atoms with Gasteiger partial charge in [0.25, 0.3) is 0 Å². The van der Waals surface area contributed by atoms with Crippen LogP contribution in [0.25, 0.3) is 10.8 Å². The van der Waals surface area contributed by atoms with Gasteiger partial charge in [-0.05, 0) is 48.1 Å². The molecule has 0 aromatic heterocycles. The Bertz CT molecular complexity index is 892.